The molecular formula is C18H22N4O4. The molecule has 2 atom stereocenters. The molecule has 1 aliphatic rings. The second-order valence-corrected chi connectivity index (χ2v) is 5.86. The molecule has 3 N–H and O–H groups in total. The maximum Gasteiger partial charge on any atom is 0.254 e. The van der Waals surface area contributed by atoms with Crippen molar-refractivity contribution in [1.82, 2.24) is 15.3 Å². The fraction of sp³-hybridized carbons (Fsp3) is 0.389. The van der Waals surface area contributed by atoms with Crippen LogP contribution in [-0.2, 0) is 9.47 Å². The number of amides is 1. The molecule has 0 bridgehead atoms. The van der Waals surface area contributed by atoms with Crippen LogP contribution < -0.4 is 10.6 Å². The van der Waals surface area contributed by atoms with Gasteiger partial charge < -0.3 is 25.2 Å². The van der Waals surface area contributed by atoms with Crippen LogP contribution >= 0.6 is 0 Å². The molecule has 2 aromatic rings. The summed E-state index contributed by atoms with van der Waals surface area (Å²) in [7, 11) is 0. The number of benzene rings is 1. The fourth-order valence-electron chi connectivity index (χ4n) is 2.67. The van der Waals surface area contributed by atoms with Gasteiger partial charge in [-0.3, -0.25) is 4.79 Å². The van der Waals surface area contributed by atoms with E-state index in [1.807, 2.05) is 30.3 Å². The number of nitrogens with one attached hydrogen (secondary N) is 2. The average molecular weight is 358 g/mol. The predicted octanol–water partition coefficient (Wildman–Crippen LogP) is 1.12. The van der Waals surface area contributed by atoms with Crippen LogP contribution in [-0.4, -0.2) is 59.6 Å². The van der Waals surface area contributed by atoms with Crippen LogP contribution in [0.3, 0.4) is 0 Å². The highest BCUT2D eigenvalue weighted by molar-refractivity contribution is 5.93. The second-order valence-electron chi connectivity index (χ2n) is 5.86. The van der Waals surface area contributed by atoms with E-state index in [-0.39, 0.29) is 31.3 Å². The molecule has 1 aromatic heterocycles. The van der Waals surface area contributed by atoms with Crippen LogP contribution in [0.5, 0.6) is 0 Å². The quantitative estimate of drug-likeness (QED) is 0.681. The Morgan fingerprint density at radius 1 is 1.27 bits per heavy atom. The second kappa shape index (κ2) is 9.23. The van der Waals surface area contributed by atoms with E-state index in [0.29, 0.717) is 31.1 Å². The molecule has 3 rings (SSSR count). The van der Waals surface area contributed by atoms with Crippen molar-refractivity contribution in [3.8, 4) is 0 Å². The van der Waals surface area contributed by atoms with Gasteiger partial charge in [-0.2, -0.15) is 0 Å². The molecule has 1 amide bonds. The van der Waals surface area contributed by atoms with Crippen LogP contribution in [0, 0.1) is 0 Å². The number of aliphatic hydroxyl groups excluding tert-OH is 1. The summed E-state index contributed by atoms with van der Waals surface area (Å²) in [4.78, 5) is 20.8. The van der Waals surface area contributed by atoms with Gasteiger partial charge in [-0.1, -0.05) is 18.2 Å². The van der Waals surface area contributed by atoms with Crippen molar-refractivity contribution >= 4 is 17.5 Å². The van der Waals surface area contributed by atoms with Gasteiger partial charge in [-0.15, -0.1) is 0 Å². The van der Waals surface area contributed by atoms with Gasteiger partial charge in [0.05, 0.1) is 37.5 Å². The monoisotopic (exact) mass is 358 g/mol. The third kappa shape index (κ3) is 4.98. The van der Waals surface area contributed by atoms with Gasteiger partial charge in [0, 0.05) is 24.7 Å². The molecule has 0 aliphatic carbocycles. The van der Waals surface area contributed by atoms with Gasteiger partial charge in [0.25, 0.3) is 5.91 Å². The van der Waals surface area contributed by atoms with Crippen molar-refractivity contribution in [1.29, 1.82) is 0 Å². The topological polar surface area (TPSA) is 106 Å². The molecule has 8 heteroatoms. The smallest absolute Gasteiger partial charge is 0.254 e. The van der Waals surface area contributed by atoms with E-state index < -0.39 is 0 Å². The van der Waals surface area contributed by atoms with Crippen molar-refractivity contribution < 1.29 is 19.4 Å². The molecule has 2 heterocycles. The number of carbonyl (C=O) groups is 1. The summed E-state index contributed by atoms with van der Waals surface area (Å²) >= 11 is 0. The molecule has 0 saturated carbocycles. The summed E-state index contributed by atoms with van der Waals surface area (Å²) in [6.45, 7) is 1.13. The van der Waals surface area contributed by atoms with E-state index >= 15 is 0 Å². The van der Waals surface area contributed by atoms with E-state index in [0.717, 1.165) is 5.69 Å². The summed E-state index contributed by atoms with van der Waals surface area (Å²) < 4.78 is 11.0. The zero-order chi connectivity index (χ0) is 18.2. The van der Waals surface area contributed by atoms with E-state index in [4.69, 9.17) is 14.6 Å². The Hall–Kier alpha value is -2.55. The predicted molar refractivity (Wildman–Crippen MR) is 95.3 cm³/mol. The highest BCUT2D eigenvalue weighted by Gasteiger charge is 2.28. The number of anilines is 2. The number of aliphatic hydroxyl groups is 1. The first-order valence-corrected chi connectivity index (χ1v) is 8.51. The number of nitrogens with zero attached hydrogens (tertiary/aromatic N) is 2. The van der Waals surface area contributed by atoms with Crippen molar-refractivity contribution in [2.75, 3.05) is 31.7 Å². The van der Waals surface area contributed by atoms with Crippen molar-refractivity contribution in [3.05, 3.63) is 48.3 Å². The number of ether oxygens (including phenoxy) is 2. The summed E-state index contributed by atoms with van der Waals surface area (Å²) in [5.74, 6) is 0.127. The zero-order valence-electron chi connectivity index (χ0n) is 14.3. The van der Waals surface area contributed by atoms with Gasteiger partial charge in [0.2, 0.25) is 5.95 Å². The normalized spacial score (nSPS) is 19.7. The van der Waals surface area contributed by atoms with Crippen LogP contribution in [0.4, 0.5) is 11.6 Å². The summed E-state index contributed by atoms with van der Waals surface area (Å²) in [6, 6.07) is 9.27. The lowest BCUT2D eigenvalue weighted by Gasteiger charge is -2.31. The largest absolute Gasteiger partial charge is 0.394 e. The van der Waals surface area contributed by atoms with Gasteiger partial charge in [0.15, 0.2) is 0 Å². The van der Waals surface area contributed by atoms with E-state index in [2.05, 4.69) is 20.6 Å². The van der Waals surface area contributed by atoms with E-state index in [9.17, 15) is 4.79 Å². The number of hydrogen-bond acceptors (Lipinski definition) is 7. The summed E-state index contributed by atoms with van der Waals surface area (Å²) in [6.07, 6.45) is 3.43. The number of hydrogen-bond donors (Lipinski definition) is 3. The number of rotatable bonds is 7. The first-order valence-electron chi connectivity index (χ1n) is 8.51. The molecule has 26 heavy (non-hydrogen) atoms. The van der Waals surface area contributed by atoms with Gasteiger partial charge in [-0.05, 0) is 18.6 Å². The Morgan fingerprint density at radius 3 is 2.77 bits per heavy atom. The Kier molecular flexibility index (Phi) is 6.48. The SMILES string of the molecule is O=C(N[C@H]1COCC[C@H]1OCCO)c1cnc(Nc2ccccc2)nc1. The third-order valence-electron chi connectivity index (χ3n) is 3.98. The third-order valence-corrected chi connectivity index (χ3v) is 3.98. The highest BCUT2D eigenvalue weighted by atomic mass is 16.5. The first kappa shape index (κ1) is 18.2. The fourth-order valence-corrected chi connectivity index (χ4v) is 2.67. The first-order chi connectivity index (χ1) is 12.8. The van der Waals surface area contributed by atoms with Gasteiger partial charge in [0.1, 0.15) is 0 Å². The van der Waals surface area contributed by atoms with Gasteiger partial charge in [-0.25, -0.2) is 9.97 Å². The molecule has 0 spiro atoms. The van der Waals surface area contributed by atoms with Crippen LogP contribution in [0.1, 0.15) is 16.8 Å². The molecule has 1 saturated heterocycles. The van der Waals surface area contributed by atoms with Crippen LogP contribution in [0.15, 0.2) is 42.7 Å². The Bertz CT molecular complexity index is 696. The summed E-state index contributed by atoms with van der Waals surface area (Å²) in [5, 5.41) is 14.9. The molecule has 138 valence electrons. The van der Waals surface area contributed by atoms with Crippen molar-refractivity contribution in [2.24, 2.45) is 0 Å². The van der Waals surface area contributed by atoms with E-state index in [1.54, 1.807) is 0 Å². The molecule has 0 radical (unpaired) electrons. The molecular weight excluding hydrogens is 336 g/mol. The summed E-state index contributed by atoms with van der Waals surface area (Å²) in [5.41, 5.74) is 1.23. The Morgan fingerprint density at radius 2 is 2.04 bits per heavy atom. The van der Waals surface area contributed by atoms with Crippen LogP contribution in [0.2, 0.25) is 0 Å². The van der Waals surface area contributed by atoms with Crippen molar-refractivity contribution in [2.45, 2.75) is 18.6 Å². The van der Waals surface area contributed by atoms with Gasteiger partial charge >= 0.3 is 0 Å². The minimum Gasteiger partial charge on any atom is -0.394 e. The lowest BCUT2D eigenvalue weighted by molar-refractivity contribution is -0.0612. The molecule has 1 aliphatic heterocycles. The standard InChI is InChI=1S/C18H22N4O4/c23-7-9-26-16-6-8-25-12-15(16)22-17(24)13-10-19-18(20-11-13)21-14-4-2-1-3-5-14/h1-5,10-11,15-16,23H,6-9,12H2,(H,22,24)(H,19,20,21)/t15-,16+/m0/s1. The average Bonchev–Trinajstić information content (AvgIpc) is 2.68. The molecule has 8 nitrogen and oxygen atoms in total. The number of para-hydroxylation sites is 1. The zero-order valence-corrected chi connectivity index (χ0v) is 14.3. The lowest BCUT2D eigenvalue weighted by Crippen LogP contribution is -2.50. The maximum absolute atomic E-state index is 12.4. The molecule has 0 unspecified atom stereocenters. The minimum atomic E-state index is -0.288. The minimum absolute atomic E-state index is 0.0538. The molecule has 1 aromatic carbocycles. The number of carbonyl (C=O) groups excluding carboxylic acids is 1. The van der Waals surface area contributed by atoms with Crippen molar-refractivity contribution in [3.63, 3.8) is 0 Å². The Balaban J connectivity index is 1.58. The van der Waals surface area contributed by atoms with E-state index in [1.165, 1.54) is 12.4 Å². The van der Waals surface area contributed by atoms with Crippen LogP contribution in [0.25, 0.3) is 0 Å². The maximum atomic E-state index is 12.4. The molecule has 1 fully saturated rings. The lowest BCUT2D eigenvalue weighted by atomic mass is 10.1. The highest BCUT2D eigenvalue weighted by Crippen LogP contribution is 2.14. The Labute approximate surface area is 151 Å². The number of aromatic nitrogens is 2.